The number of halogens is 1. The van der Waals surface area contributed by atoms with Gasteiger partial charge in [0.2, 0.25) is 0 Å². The molecule has 0 heterocycles. The summed E-state index contributed by atoms with van der Waals surface area (Å²) in [6, 6.07) is 6.35. The van der Waals surface area contributed by atoms with Crippen LogP contribution in [0.25, 0.3) is 0 Å². The van der Waals surface area contributed by atoms with E-state index >= 15 is 0 Å². The summed E-state index contributed by atoms with van der Waals surface area (Å²) in [5.74, 6) is 0. The summed E-state index contributed by atoms with van der Waals surface area (Å²) in [5.41, 5.74) is 0. The first kappa shape index (κ1) is 18.5. The summed E-state index contributed by atoms with van der Waals surface area (Å²) in [4.78, 5) is 0.0474. The highest BCUT2D eigenvalue weighted by Crippen LogP contribution is 2.22. The summed E-state index contributed by atoms with van der Waals surface area (Å²) >= 11 is 5.87. The molecule has 0 atom stereocenters. The van der Waals surface area contributed by atoms with Gasteiger partial charge in [-0.25, -0.2) is 0 Å². The maximum Gasteiger partial charge on any atom is 0.298 e. The molecule has 1 rings (SSSR count). The molecule has 0 aliphatic rings. The van der Waals surface area contributed by atoms with Crippen molar-refractivity contribution in [2.24, 2.45) is 0 Å². The third-order valence-corrected chi connectivity index (χ3v) is 5.16. The van der Waals surface area contributed by atoms with Crippen molar-refractivity contribution < 1.29 is 12.6 Å². The predicted octanol–water partition coefficient (Wildman–Crippen LogP) is 5.19. The van der Waals surface area contributed by atoms with Gasteiger partial charge in [0.25, 0.3) is 10.1 Å². The molecule has 5 heteroatoms. The van der Waals surface area contributed by atoms with Crippen LogP contribution in [0.4, 0.5) is 0 Å². The largest absolute Gasteiger partial charge is 0.298 e. The van der Waals surface area contributed by atoms with E-state index in [2.05, 4.69) is 6.92 Å². The average Bonchev–Trinajstić information content (AvgIpc) is 2.46. The molecule has 0 radical (unpaired) electrons. The first-order valence-corrected chi connectivity index (χ1v) is 9.50. The summed E-state index contributed by atoms with van der Waals surface area (Å²) in [6.07, 6.45) is 9.26. The standard InChI is InChI=1S/C16H25ClO3S/c1-2-3-4-5-6-7-8-11-14-20-21(18,19)16-13-10-9-12-15(16)17/h9-10,12-13H,2-8,11,14H2,1H3. The van der Waals surface area contributed by atoms with Gasteiger partial charge < -0.3 is 0 Å². The van der Waals surface area contributed by atoms with Crippen LogP contribution in [-0.2, 0) is 14.3 Å². The van der Waals surface area contributed by atoms with E-state index < -0.39 is 10.1 Å². The van der Waals surface area contributed by atoms with Crippen molar-refractivity contribution >= 4 is 21.7 Å². The van der Waals surface area contributed by atoms with Crippen LogP contribution in [0.1, 0.15) is 58.3 Å². The lowest BCUT2D eigenvalue weighted by Gasteiger charge is -2.07. The summed E-state index contributed by atoms with van der Waals surface area (Å²) < 4.78 is 28.9. The van der Waals surface area contributed by atoms with Crippen molar-refractivity contribution in [2.75, 3.05) is 6.61 Å². The minimum atomic E-state index is -3.73. The van der Waals surface area contributed by atoms with Crippen LogP contribution in [0.15, 0.2) is 29.2 Å². The fraction of sp³-hybridized carbons (Fsp3) is 0.625. The van der Waals surface area contributed by atoms with Gasteiger partial charge in [0.1, 0.15) is 4.90 Å². The maximum absolute atomic E-state index is 12.0. The monoisotopic (exact) mass is 332 g/mol. The zero-order chi connectivity index (χ0) is 15.6. The lowest BCUT2D eigenvalue weighted by molar-refractivity contribution is 0.306. The predicted molar refractivity (Wildman–Crippen MR) is 87.2 cm³/mol. The Morgan fingerprint density at radius 2 is 1.52 bits per heavy atom. The minimum Gasteiger partial charge on any atom is -0.266 e. The third kappa shape index (κ3) is 7.30. The van der Waals surface area contributed by atoms with E-state index in [0.717, 1.165) is 19.3 Å². The van der Waals surface area contributed by atoms with Gasteiger partial charge in [-0.15, -0.1) is 0 Å². The van der Waals surface area contributed by atoms with Crippen molar-refractivity contribution in [3.63, 3.8) is 0 Å². The van der Waals surface area contributed by atoms with Crippen molar-refractivity contribution in [2.45, 2.75) is 63.2 Å². The molecule has 0 fully saturated rings. The van der Waals surface area contributed by atoms with Gasteiger partial charge in [0.05, 0.1) is 11.6 Å². The lowest BCUT2D eigenvalue weighted by atomic mass is 10.1. The van der Waals surface area contributed by atoms with Crippen molar-refractivity contribution in [1.82, 2.24) is 0 Å². The van der Waals surface area contributed by atoms with Gasteiger partial charge in [-0.3, -0.25) is 4.18 Å². The summed E-state index contributed by atoms with van der Waals surface area (Å²) in [5, 5.41) is 0.202. The highest BCUT2D eigenvalue weighted by atomic mass is 35.5. The van der Waals surface area contributed by atoms with Gasteiger partial charge in [0.15, 0.2) is 0 Å². The molecule has 1 aromatic carbocycles. The second kappa shape index (κ2) is 10.2. The first-order chi connectivity index (χ1) is 10.1. The van der Waals surface area contributed by atoms with Gasteiger partial charge in [0, 0.05) is 0 Å². The SMILES string of the molecule is CCCCCCCCCCOS(=O)(=O)c1ccccc1Cl. The number of hydrogen-bond donors (Lipinski definition) is 0. The normalized spacial score (nSPS) is 11.7. The van der Waals surface area contributed by atoms with Gasteiger partial charge in [-0.1, -0.05) is 75.6 Å². The molecule has 0 spiro atoms. The lowest BCUT2D eigenvalue weighted by Crippen LogP contribution is -2.08. The molecular formula is C16H25ClO3S. The number of benzene rings is 1. The Bertz CT molecular complexity index is 500. The summed E-state index contributed by atoms with van der Waals surface area (Å²) in [7, 11) is -3.73. The number of unbranched alkanes of at least 4 members (excludes halogenated alkanes) is 7. The Morgan fingerprint density at radius 1 is 0.952 bits per heavy atom. The van der Waals surface area contributed by atoms with E-state index in [0.29, 0.717) is 0 Å². The Morgan fingerprint density at radius 3 is 2.14 bits per heavy atom. The Balaban J connectivity index is 2.19. The van der Waals surface area contributed by atoms with Crippen LogP contribution < -0.4 is 0 Å². The molecule has 120 valence electrons. The molecule has 0 bridgehead atoms. The Hall–Kier alpha value is -0.580. The molecule has 0 N–H and O–H groups in total. The van der Waals surface area contributed by atoms with E-state index in [9.17, 15) is 8.42 Å². The Kier molecular flexibility index (Phi) is 8.97. The molecule has 0 saturated carbocycles. The van der Waals surface area contributed by atoms with Crippen LogP contribution in [0.2, 0.25) is 5.02 Å². The van der Waals surface area contributed by atoms with E-state index in [1.165, 1.54) is 38.2 Å². The van der Waals surface area contributed by atoms with Crippen LogP contribution in [0.5, 0.6) is 0 Å². The van der Waals surface area contributed by atoms with E-state index in [-0.39, 0.29) is 16.5 Å². The number of hydrogen-bond acceptors (Lipinski definition) is 3. The summed E-state index contributed by atoms with van der Waals surface area (Å²) in [6.45, 7) is 2.43. The van der Waals surface area contributed by atoms with Crippen LogP contribution in [0.3, 0.4) is 0 Å². The van der Waals surface area contributed by atoms with Crippen molar-refractivity contribution in [3.8, 4) is 0 Å². The molecule has 21 heavy (non-hydrogen) atoms. The molecule has 0 unspecified atom stereocenters. The average molecular weight is 333 g/mol. The molecule has 1 aromatic rings. The first-order valence-electron chi connectivity index (χ1n) is 7.72. The second-order valence-corrected chi connectivity index (χ2v) is 7.17. The van der Waals surface area contributed by atoms with E-state index in [1.54, 1.807) is 18.2 Å². The van der Waals surface area contributed by atoms with Crippen LogP contribution in [-0.4, -0.2) is 15.0 Å². The molecule has 0 amide bonds. The van der Waals surface area contributed by atoms with Gasteiger partial charge in [-0.2, -0.15) is 8.42 Å². The molecular weight excluding hydrogens is 308 g/mol. The zero-order valence-corrected chi connectivity index (χ0v) is 14.3. The quantitative estimate of drug-likeness (QED) is 0.414. The highest BCUT2D eigenvalue weighted by Gasteiger charge is 2.17. The smallest absolute Gasteiger partial charge is 0.266 e. The van der Waals surface area contributed by atoms with Crippen LogP contribution in [0, 0.1) is 0 Å². The fourth-order valence-electron chi connectivity index (χ4n) is 2.12. The molecule has 0 saturated heterocycles. The topological polar surface area (TPSA) is 43.4 Å². The Labute approximate surface area is 133 Å². The fourth-order valence-corrected chi connectivity index (χ4v) is 3.55. The number of rotatable bonds is 11. The van der Waals surface area contributed by atoms with Crippen molar-refractivity contribution in [1.29, 1.82) is 0 Å². The molecule has 0 aromatic heterocycles. The van der Waals surface area contributed by atoms with Crippen LogP contribution >= 0.6 is 11.6 Å². The maximum atomic E-state index is 12.0. The highest BCUT2D eigenvalue weighted by molar-refractivity contribution is 7.86. The molecule has 0 aliphatic heterocycles. The second-order valence-electron chi connectivity index (χ2n) is 5.18. The third-order valence-electron chi connectivity index (χ3n) is 3.34. The zero-order valence-electron chi connectivity index (χ0n) is 12.7. The molecule has 0 aliphatic carbocycles. The van der Waals surface area contributed by atoms with Gasteiger partial charge in [-0.05, 0) is 18.6 Å². The minimum absolute atomic E-state index is 0.0474. The molecule has 3 nitrogen and oxygen atoms in total. The van der Waals surface area contributed by atoms with Gasteiger partial charge >= 0.3 is 0 Å². The van der Waals surface area contributed by atoms with E-state index in [1.807, 2.05) is 0 Å². The van der Waals surface area contributed by atoms with E-state index in [4.69, 9.17) is 15.8 Å². The van der Waals surface area contributed by atoms with Crippen molar-refractivity contribution in [3.05, 3.63) is 29.3 Å².